The Morgan fingerprint density at radius 2 is 2.00 bits per heavy atom. The van der Waals surface area contributed by atoms with Gasteiger partial charge < -0.3 is 15.4 Å². The van der Waals surface area contributed by atoms with Crippen LogP contribution in [0.1, 0.15) is 38.5 Å². The molecule has 2 aliphatic carbocycles. The van der Waals surface area contributed by atoms with E-state index in [1.54, 1.807) is 13.3 Å². The second kappa shape index (κ2) is 11.4. The lowest BCUT2D eigenvalue weighted by molar-refractivity contribution is -0.809. The van der Waals surface area contributed by atoms with Crippen LogP contribution in [0.3, 0.4) is 0 Å². The number of rotatable bonds is 9. The molecule has 1 saturated carbocycles. The van der Waals surface area contributed by atoms with E-state index in [0.29, 0.717) is 22.4 Å². The van der Waals surface area contributed by atoms with Crippen molar-refractivity contribution in [2.45, 2.75) is 50.6 Å². The highest BCUT2D eigenvalue weighted by Crippen LogP contribution is 2.31. The number of quaternary nitrogens is 1. The number of nitrogens with zero attached hydrogens (tertiary/aromatic N) is 3. The fourth-order valence-corrected chi connectivity index (χ4v) is 6.10. The first kappa shape index (κ1) is 26.1. The molecule has 0 spiro atoms. The van der Waals surface area contributed by atoms with E-state index in [1.807, 2.05) is 6.07 Å². The van der Waals surface area contributed by atoms with Crippen molar-refractivity contribution in [1.82, 2.24) is 14.7 Å². The number of fused-ring (bicyclic) bond motifs is 1. The molecular weight excluding hydrogens is 488 g/mol. The smallest absolute Gasteiger partial charge is 0.229 e. The van der Waals surface area contributed by atoms with Gasteiger partial charge in [-0.1, -0.05) is 25.0 Å². The van der Waals surface area contributed by atoms with Gasteiger partial charge in [0.15, 0.2) is 11.8 Å². The van der Waals surface area contributed by atoms with Crippen LogP contribution >= 0.6 is 11.8 Å². The molecular formula is C24H36ClN6O3S+. The van der Waals surface area contributed by atoms with Crippen LogP contribution in [0.15, 0.2) is 47.3 Å². The first-order valence-corrected chi connectivity index (χ1v) is 14.4. The summed E-state index contributed by atoms with van der Waals surface area (Å²) in [6.07, 6.45) is 15.0. The summed E-state index contributed by atoms with van der Waals surface area (Å²) in [5, 5.41) is 6.76. The monoisotopic (exact) mass is 523 g/mol. The van der Waals surface area contributed by atoms with Crippen molar-refractivity contribution < 1.29 is 17.2 Å². The first-order chi connectivity index (χ1) is 16.7. The summed E-state index contributed by atoms with van der Waals surface area (Å²) in [5.41, 5.74) is 3.50. The summed E-state index contributed by atoms with van der Waals surface area (Å²) in [5.74, 6) is 1.17. The Kier molecular flexibility index (Phi) is 8.49. The van der Waals surface area contributed by atoms with E-state index in [-0.39, 0.29) is 12.1 Å². The lowest BCUT2D eigenvalue weighted by atomic mass is 9.91. The van der Waals surface area contributed by atoms with Crippen LogP contribution < -0.4 is 15.4 Å². The summed E-state index contributed by atoms with van der Waals surface area (Å²) < 4.78 is 32.0. The summed E-state index contributed by atoms with van der Waals surface area (Å²) in [7, 11) is -1.57. The van der Waals surface area contributed by atoms with Gasteiger partial charge in [-0.05, 0) is 37.0 Å². The average molecular weight is 524 g/mol. The summed E-state index contributed by atoms with van der Waals surface area (Å²) in [6, 6.07) is 1.65. The molecule has 0 aromatic carbocycles. The number of halogens is 1. The molecule has 4 rings (SSSR count). The van der Waals surface area contributed by atoms with Crippen LogP contribution in [-0.4, -0.2) is 74.1 Å². The Bertz CT molecular complexity index is 1110. The van der Waals surface area contributed by atoms with E-state index in [2.05, 4.69) is 43.6 Å². The molecule has 0 bridgehead atoms. The molecule has 1 fully saturated rings. The van der Waals surface area contributed by atoms with Gasteiger partial charge in [-0.25, -0.2) is 22.1 Å². The van der Waals surface area contributed by atoms with Gasteiger partial charge in [0.25, 0.3) is 0 Å². The summed E-state index contributed by atoms with van der Waals surface area (Å²) in [6.45, 7) is 3.01. The molecule has 3 N–H and O–H groups in total. The maximum Gasteiger partial charge on any atom is 0.229 e. The summed E-state index contributed by atoms with van der Waals surface area (Å²) in [4.78, 5) is 9.03. The maximum atomic E-state index is 11.8. The van der Waals surface area contributed by atoms with Crippen molar-refractivity contribution >= 4 is 33.6 Å². The molecule has 1 aliphatic heterocycles. The standard InChI is InChI=1S/C24H36ClN6O3S/c1-34-15-14-31(25)13-5-6-18-9-10-20(16-19(18)17-31)27-24-26-12-11-23(29-24)28-21-7-3-4-8-22(21)30-35(2,32)33/h6,10-12,16,21-22,30H,3-5,7-9,13-15,17H2,1-2H3,(H2,26,27,28,29)/q+1/t21-,22-,31?/m1/s1. The van der Waals surface area contributed by atoms with Crippen LogP contribution in [0.4, 0.5) is 11.8 Å². The van der Waals surface area contributed by atoms with Gasteiger partial charge in [-0.15, -0.1) is 0 Å². The SMILES string of the molecule is COCC[N+]1(Cl)CCC=C2CC=C(Nc3nccc(N[C@@H]4CCCC[C@H]4NS(C)(=O)=O)n3)C=C2C1. The normalized spacial score (nSPS) is 27.1. The third kappa shape index (κ3) is 7.50. The van der Waals surface area contributed by atoms with Crippen LogP contribution in [0.5, 0.6) is 0 Å². The Morgan fingerprint density at radius 1 is 1.20 bits per heavy atom. The third-order valence-corrected chi connectivity index (χ3v) is 7.92. The average Bonchev–Trinajstić information content (AvgIpc) is 2.96. The predicted molar refractivity (Wildman–Crippen MR) is 139 cm³/mol. The van der Waals surface area contributed by atoms with Crippen LogP contribution in [0.2, 0.25) is 0 Å². The van der Waals surface area contributed by atoms with Gasteiger partial charge in [0.2, 0.25) is 16.0 Å². The van der Waals surface area contributed by atoms with E-state index in [4.69, 9.17) is 16.5 Å². The van der Waals surface area contributed by atoms with Crippen molar-refractivity contribution in [1.29, 1.82) is 0 Å². The zero-order chi connectivity index (χ0) is 24.9. The van der Waals surface area contributed by atoms with E-state index in [1.165, 1.54) is 17.4 Å². The molecule has 1 unspecified atom stereocenters. The molecule has 2 heterocycles. The molecule has 11 heteroatoms. The summed E-state index contributed by atoms with van der Waals surface area (Å²) >= 11 is 6.92. The lowest BCUT2D eigenvalue weighted by Crippen LogP contribution is -2.48. The Balaban J connectivity index is 1.44. The van der Waals surface area contributed by atoms with Crippen molar-refractivity contribution in [2.75, 3.05) is 50.2 Å². The molecule has 9 nitrogen and oxygen atoms in total. The lowest BCUT2D eigenvalue weighted by Gasteiger charge is -2.32. The number of nitrogens with one attached hydrogen (secondary N) is 3. The number of hydrogen-bond acceptors (Lipinski definition) is 7. The number of ether oxygens (including phenoxy) is 1. The molecule has 0 amide bonds. The highest BCUT2D eigenvalue weighted by atomic mass is 35.5. The highest BCUT2D eigenvalue weighted by molar-refractivity contribution is 7.88. The van der Waals surface area contributed by atoms with E-state index in [9.17, 15) is 8.42 Å². The van der Waals surface area contributed by atoms with E-state index in [0.717, 1.165) is 63.9 Å². The predicted octanol–water partition coefficient (Wildman–Crippen LogP) is 3.32. The zero-order valence-electron chi connectivity index (χ0n) is 20.5. The van der Waals surface area contributed by atoms with Crippen molar-refractivity contribution in [3.05, 3.63) is 47.3 Å². The Morgan fingerprint density at radius 3 is 2.77 bits per heavy atom. The molecule has 0 radical (unpaired) electrons. The quantitative estimate of drug-likeness (QED) is 0.426. The second-order valence-electron chi connectivity index (χ2n) is 9.60. The van der Waals surface area contributed by atoms with Gasteiger partial charge >= 0.3 is 0 Å². The minimum atomic E-state index is -3.27. The van der Waals surface area contributed by atoms with Crippen molar-refractivity contribution in [3.8, 4) is 0 Å². The van der Waals surface area contributed by atoms with Crippen molar-refractivity contribution in [2.24, 2.45) is 0 Å². The largest absolute Gasteiger partial charge is 0.379 e. The minimum absolute atomic E-state index is 0.0161. The second-order valence-corrected chi connectivity index (χ2v) is 12.1. The van der Waals surface area contributed by atoms with Gasteiger partial charge in [0.05, 0.1) is 19.4 Å². The highest BCUT2D eigenvalue weighted by Gasteiger charge is 2.31. The Labute approximate surface area is 213 Å². The topological polar surface area (TPSA) is 105 Å². The van der Waals surface area contributed by atoms with Gasteiger partial charge in [-0.2, -0.15) is 4.98 Å². The number of sulfonamides is 1. The number of anilines is 2. The van der Waals surface area contributed by atoms with E-state index >= 15 is 0 Å². The molecule has 3 aliphatic rings. The molecule has 1 aromatic heterocycles. The molecule has 192 valence electrons. The number of allylic oxidation sites excluding steroid dienone is 2. The minimum Gasteiger partial charge on any atom is -0.379 e. The van der Waals surface area contributed by atoms with Crippen molar-refractivity contribution in [3.63, 3.8) is 0 Å². The first-order valence-electron chi connectivity index (χ1n) is 12.2. The number of aromatic nitrogens is 2. The Hall–Kier alpha value is -1.98. The van der Waals surface area contributed by atoms with Crippen LogP contribution in [0, 0.1) is 0 Å². The van der Waals surface area contributed by atoms with Gasteiger partial charge in [0.1, 0.15) is 18.9 Å². The third-order valence-electron chi connectivity index (χ3n) is 6.73. The van der Waals surface area contributed by atoms with Gasteiger partial charge in [-0.3, -0.25) is 0 Å². The molecule has 0 saturated heterocycles. The van der Waals surface area contributed by atoms with E-state index < -0.39 is 10.0 Å². The fraction of sp³-hybridized carbons (Fsp3) is 0.583. The molecule has 1 aromatic rings. The molecule has 35 heavy (non-hydrogen) atoms. The fourth-order valence-electron chi connectivity index (χ4n) is 4.98. The van der Waals surface area contributed by atoms with Gasteiger partial charge in [0, 0.05) is 43.1 Å². The van der Waals surface area contributed by atoms with Crippen LogP contribution in [-0.2, 0) is 14.8 Å². The van der Waals surface area contributed by atoms with Crippen LogP contribution in [0.25, 0.3) is 0 Å². The number of methoxy groups -OCH3 is 1. The molecule has 3 atom stereocenters. The maximum absolute atomic E-state index is 11.8. The zero-order valence-corrected chi connectivity index (χ0v) is 22.0. The number of hydrogen-bond donors (Lipinski definition) is 3.